The van der Waals surface area contributed by atoms with Crippen molar-refractivity contribution in [3.8, 4) is 0 Å². The molecule has 3 nitrogen and oxygen atoms in total. The summed E-state index contributed by atoms with van der Waals surface area (Å²) in [5.41, 5.74) is 6.18. The van der Waals surface area contributed by atoms with Gasteiger partial charge < -0.3 is 0 Å². The number of hydrogen-bond acceptors (Lipinski definition) is 4. The van der Waals surface area contributed by atoms with Gasteiger partial charge in [-0.25, -0.2) is 4.98 Å². The monoisotopic (exact) mass is 257 g/mol. The smallest absolute Gasteiger partial charge is 0.203 e. The highest BCUT2D eigenvalue weighted by molar-refractivity contribution is 7.13. The number of anilines is 1. The molecule has 0 aliphatic rings. The fourth-order valence-electron chi connectivity index (χ4n) is 1.44. The number of thiazole rings is 1. The fraction of sp³-hybridized carbons (Fsp3) is 0.143. The van der Waals surface area contributed by atoms with Crippen LogP contribution in [0.2, 0.25) is 0 Å². The van der Waals surface area contributed by atoms with Gasteiger partial charge in [0.25, 0.3) is 0 Å². The zero-order chi connectivity index (χ0) is 12.8. The number of aromatic nitrogens is 1. The number of nitrogens with one attached hydrogen (secondary N) is 1. The largest absolute Gasteiger partial charge is 0.253 e. The normalized spacial score (nSPS) is 12.0. The fourth-order valence-corrected chi connectivity index (χ4v) is 2.08. The van der Waals surface area contributed by atoms with E-state index in [-0.39, 0.29) is 0 Å². The summed E-state index contributed by atoms with van der Waals surface area (Å²) in [5, 5.41) is 6.96. The SMILES string of the molecule is CC(=C/c1ccccc1)/C=N/Nc1nc(C)cs1. The maximum absolute atomic E-state index is 4.27. The first kappa shape index (κ1) is 12.5. The molecule has 18 heavy (non-hydrogen) atoms. The average Bonchev–Trinajstić information content (AvgIpc) is 2.76. The minimum absolute atomic E-state index is 0.816. The minimum Gasteiger partial charge on any atom is -0.253 e. The molecule has 0 saturated carbocycles. The molecule has 1 heterocycles. The van der Waals surface area contributed by atoms with Crippen molar-refractivity contribution in [2.24, 2.45) is 5.10 Å². The van der Waals surface area contributed by atoms with Gasteiger partial charge >= 0.3 is 0 Å². The number of allylic oxidation sites excluding steroid dienone is 1. The Balaban J connectivity index is 1.95. The topological polar surface area (TPSA) is 37.3 Å². The number of nitrogens with zero attached hydrogens (tertiary/aromatic N) is 2. The second kappa shape index (κ2) is 6.12. The molecule has 0 fully saturated rings. The molecule has 0 radical (unpaired) electrons. The second-order valence-electron chi connectivity index (χ2n) is 3.96. The van der Waals surface area contributed by atoms with Gasteiger partial charge in [-0.15, -0.1) is 11.3 Å². The highest BCUT2D eigenvalue weighted by Crippen LogP contribution is 2.14. The van der Waals surface area contributed by atoms with E-state index < -0.39 is 0 Å². The van der Waals surface area contributed by atoms with Crippen LogP contribution >= 0.6 is 11.3 Å². The van der Waals surface area contributed by atoms with E-state index in [0.29, 0.717) is 0 Å². The summed E-state index contributed by atoms with van der Waals surface area (Å²) < 4.78 is 0. The van der Waals surface area contributed by atoms with Crippen LogP contribution in [0.4, 0.5) is 5.13 Å². The zero-order valence-electron chi connectivity index (χ0n) is 10.4. The molecule has 0 aliphatic heterocycles. The van der Waals surface area contributed by atoms with Gasteiger partial charge in [-0.1, -0.05) is 36.4 Å². The third kappa shape index (κ3) is 3.82. The van der Waals surface area contributed by atoms with E-state index in [2.05, 4.69) is 33.7 Å². The molecule has 2 aromatic rings. The summed E-state index contributed by atoms with van der Waals surface area (Å²) in [6.07, 6.45) is 3.88. The molecule has 0 saturated heterocycles. The molecular weight excluding hydrogens is 242 g/mol. The van der Waals surface area contributed by atoms with Crippen LogP contribution in [0.15, 0.2) is 46.4 Å². The number of hydrogen-bond donors (Lipinski definition) is 1. The highest BCUT2D eigenvalue weighted by atomic mass is 32.1. The summed E-state index contributed by atoms with van der Waals surface area (Å²) >= 11 is 1.55. The second-order valence-corrected chi connectivity index (χ2v) is 4.82. The maximum Gasteiger partial charge on any atom is 0.203 e. The lowest BCUT2D eigenvalue weighted by Crippen LogP contribution is -1.89. The van der Waals surface area contributed by atoms with E-state index in [1.165, 1.54) is 5.56 Å². The predicted octanol–water partition coefficient (Wildman–Crippen LogP) is 3.95. The van der Waals surface area contributed by atoms with Crippen molar-refractivity contribution >= 4 is 28.8 Å². The van der Waals surface area contributed by atoms with E-state index in [1.807, 2.05) is 37.4 Å². The summed E-state index contributed by atoms with van der Waals surface area (Å²) in [6, 6.07) is 10.2. The summed E-state index contributed by atoms with van der Waals surface area (Å²) in [7, 11) is 0. The standard InChI is InChI=1S/C14H15N3S/c1-11(8-13-6-4-3-5-7-13)9-15-17-14-16-12(2)10-18-14/h3-10H,1-2H3,(H,16,17)/b11-8-,15-9+. The van der Waals surface area contributed by atoms with Crippen molar-refractivity contribution in [2.45, 2.75) is 13.8 Å². The van der Waals surface area contributed by atoms with Crippen molar-refractivity contribution in [3.63, 3.8) is 0 Å². The number of aryl methyl sites for hydroxylation is 1. The lowest BCUT2D eigenvalue weighted by Gasteiger charge is -1.95. The van der Waals surface area contributed by atoms with Gasteiger partial charge in [0.2, 0.25) is 5.13 Å². The van der Waals surface area contributed by atoms with Gasteiger partial charge in [0.15, 0.2) is 0 Å². The van der Waals surface area contributed by atoms with E-state index in [9.17, 15) is 0 Å². The van der Waals surface area contributed by atoms with Crippen LogP contribution < -0.4 is 5.43 Å². The molecule has 0 spiro atoms. The lowest BCUT2D eigenvalue weighted by atomic mass is 10.1. The van der Waals surface area contributed by atoms with Crippen LogP contribution in [0.3, 0.4) is 0 Å². The maximum atomic E-state index is 4.27. The molecule has 1 aromatic heterocycles. The van der Waals surface area contributed by atoms with Crippen molar-refractivity contribution in [2.75, 3.05) is 5.43 Å². The molecule has 92 valence electrons. The predicted molar refractivity (Wildman–Crippen MR) is 79.1 cm³/mol. The van der Waals surface area contributed by atoms with Crippen molar-refractivity contribution in [1.82, 2.24) is 4.98 Å². The summed E-state index contributed by atoms with van der Waals surface area (Å²) in [6.45, 7) is 3.98. The quantitative estimate of drug-likeness (QED) is 0.665. The Hall–Kier alpha value is -1.94. The molecule has 0 bridgehead atoms. The van der Waals surface area contributed by atoms with Gasteiger partial charge in [0.1, 0.15) is 0 Å². The summed E-state index contributed by atoms with van der Waals surface area (Å²) in [4.78, 5) is 4.27. The minimum atomic E-state index is 0.816. The van der Waals surface area contributed by atoms with E-state index in [1.54, 1.807) is 17.6 Å². The Morgan fingerprint density at radius 2 is 2.11 bits per heavy atom. The van der Waals surface area contributed by atoms with Crippen LogP contribution in [0.25, 0.3) is 6.08 Å². The first-order valence-corrected chi connectivity index (χ1v) is 6.56. The van der Waals surface area contributed by atoms with Crippen LogP contribution in [0.5, 0.6) is 0 Å². The number of hydrazone groups is 1. The Kier molecular flexibility index (Phi) is 4.25. The molecule has 0 aliphatic carbocycles. The van der Waals surface area contributed by atoms with Crippen LogP contribution in [0.1, 0.15) is 18.2 Å². The Morgan fingerprint density at radius 1 is 1.33 bits per heavy atom. The van der Waals surface area contributed by atoms with Gasteiger partial charge in [0.05, 0.1) is 11.9 Å². The molecule has 1 aromatic carbocycles. The molecule has 4 heteroatoms. The zero-order valence-corrected chi connectivity index (χ0v) is 11.2. The molecule has 1 N–H and O–H groups in total. The highest BCUT2D eigenvalue weighted by Gasteiger charge is 1.94. The Bertz CT molecular complexity index is 555. The molecule has 0 unspecified atom stereocenters. The van der Waals surface area contributed by atoms with E-state index in [0.717, 1.165) is 16.4 Å². The molecule has 2 rings (SSSR count). The Morgan fingerprint density at radius 3 is 2.78 bits per heavy atom. The van der Waals surface area contributed by atoms with Gasteiger partial charge in [0, 0.05) is 5.38 Å². The van der Waals surface area contributed by atoms with Crippen LogP contribution in [-0.4, -0.2) is 11.2 Å². The van der Waals surface area contributed by atoms with Crippen molar-refractivity contribution in [3.05, 3.63) is 52.5 Å². The Labute approximate surface area is 111 Å². The molecule has 0 atom stereocenters. The van der Waals surface area contributed by atoms with Gasteiger partial charge in [-0.3, -0.25) is 5.43 Å². The van der Waals surface area contributed by atoms with Gasteiger partial charge in [-0.2, -0.15) is 5.10 Å². The lowest BCUT2D eigenvalue weighted by molar-refractivity contribution is 1.22. The average molecular weight is 257 g/mol. The third-order valence-electron chi connectivity index (χ3n) is 2.24. The summed E-state index contributed by atoms with van der Waals surface area (Å²) in [5.74, 6) is 0. The number of benzene rings is 1. The van der Waals surface area contributed by atoms with Crippen LogP contribution in [-0.2, 0) is 0 Å². The molecular formula is C14H15N3S. The first-order valence-electron chi connectivity index (χ1n) is 5.68. The molecule has 0 amide bonds. The van der Waals surface area contributed by atoms with E-state index >= 15 is 0 Å². The van der Waals surface area contributed by atoms with Crippen molar-refractivity contribution < 1.29 is 0 Å². The number of rotatable bonds is 4. The first-order chi connectivity index (χ1) is 8.74. The van der Waals surface area contributed by atoms with Crippen molar-refractivity contribution in [1.29, 1.82) is 0 Å². The van der Waals surface area contributed by atoms with E-state index in [4.69, 9.17) is 0 Å². The third-order valence-corrected chi connectivity index (χ3v) is 3.11. The van der Waals surface area contributed by atoms with Gasteiger partial charge in [-0.05, 0) is 25.0 Å². The van der Waals surface area contributed by atoms with Crippen LogP contribution in [0, 0.1) is 6.92 Å².